The van der Waals surface area contributed by atoms with Crippen molar-refractivity contribution in [2.24, 2.45) is 0 Å². The van der Waals surface area contributed by atoms with E-state index < -0.39 is 11.8 Å². The van der Waals surface area contributed by atoms with Gasteiger partial charge in [-0.15, -0.1) is 5.10 Å². The first-order valence-corrected chi connectivity index (χ1v) is 9.69. The topological polar surface area (TPSA) is 77.3 Å². The molecule has 0 atom stereocenters. The lowest BCUT2D eigenvalue weighted by atomic mass is 9.94. The zero-order chi connectivity index (χ0) is 22.0. The van der Waals surface area contributed by atoms with Crippen LogP contribution in [0, 0.1) is 12.7 Å². The van der Waals surface area contributed by atoms with Crippen LogP contribution in [0.3, 0.4) is 0 Å². The number of aromatic nitrogens is 3. The lowest BCUT2D eigenvalue weighted by Crippen LogP contribution is -2.25. The molecule has 4 rings (SSSR count). The SMILES string of the molecule is CCOC(=O)C1=CN(Cc2cn(-c3ccc(C)cc3)nn2)c2ccc(F)cc2C1=C=O. The predicted octanol–water partition coefficient (Wildman–Crippen LogP) is 3.40. The van der Waals surface area contributed by atoms with Gasteiger partial charge in [0.1, 0.15) is 17.5 Å². The number of ether oxygens (including phenoxy) is 1. The molecule has 3 aromatic rings. The number of halogens is 1. The molecule has 31 heavy (non-hydrogen) atoms. The van der Waals surface area contributed by atoms with Gasteiger partial charge in [0.15, 0.2) is 0 Å². The van der Waals surface area contributed by atoms with Crippen LogP contribution in [0.15, 0.2) is 60.4 Å². The minimum Gasteiger partial charge on any atom is -0.462 e. The van der Waals surface area contributed by atoms with E-state index >= 15 is 0 Å². The van der Waals surface area contributed by atoms with Gasteiger partial charge in [-0.05, 0) is 44.2 Å². The molecule has 7 nitrogen and oxygen atoms in total. The summed E-state index contributed by atoms with van der Waals surface area (Å²) in [5.74, 6) is 0.561. The van der Waals surface area contributed by atoms with E-state index in [1.165, 1.54) is 18.3 Å². The molecule has 8 heteroatoms. The number of carbonyl (C=O) groups excluding carboxylic acids is 2. The van der Waals surface area contributed by atoms with Crippen molar-refractivity contribution in [3.63, 3.8) is 0 Å². The molecule has 0 unspecified atom stereocenters. The van der Waals surface area contributed by atoms with Gasteiger partial charge in [0.2, 0.25) is 0 Å². The lowest BCUT2D eigenvalue weighted by Gasteiger charge is -2.28. The number of hydrogen-bond donors (Lipinski definition) is 0. The second-order valence-corrected chi connectivity index (χ2v) is 7.02. The van der Waals surface area contributed by atoms with Crippen LogP contribution in [0.4, 0.5) is 10.1 Å². The summed E-state index contributed by atoms with van der Waals surface area (Å²) in [6.07, 6.45) is 3.28. The summed E-state index contributed by atoms with van der Waals surface area (Å²) < 4.78 is 20.7. The van der Waals surface area contributed by atoms with Gasteiger partial charge in [-0.3, -0.25) is 0 Å². The van der Waals surface area contributed by atoms with Crippen LogP contribution in [0.1, 0.15) is 23.7 Å². The maximum absolute atomic E-state index is 13.9. The summed E-state index contributed by atoms with van der Waals surface area (Å²) in [7, 11) is 0. The molecule has 2 heterocycles. The van der Waals surface area contributed by atoms with E-state index in [9.17, 15) is 14.0 Å². The fourth-order valence-electron chi connectivity index (χ4n) is 3.37. The van der Waals surface area contributed by atoms with Crippen molar-refractivity contribution in [3.05, 3.63) is 83.1 Å². The van der Waals surface area contributed by atoms with Crippen molar-refractivity contribution in [1.82, 2.24) is 15.0 Å². The normalized spacial score (nSPS) is 12.8. The Morgan fingerprint density at radius 1 is 1.19 bits per heavy atom. The fraction of sp³-hybridized carbons (Fsp3) is 0.174. The summed E-state index contributed by atoms with van der Waals surface area (Å²) >= 11 is 0. The van der Waals surface area contributed by atoms with Crippen LogP contribution >= 0.6 is 0 Å². The average Bonchev–Trinajstić information content (AvgIpc) is 3.22. The molecular weight excluding hydrogens is 399 g/mol. The van der Waals surface area contributed by atoms with Crippen LogP contribution in [0.25, 0.3) is 11.3 Å². The van der Waals surface area contributed by atoms with E-state index in [-0.39, 0.29) is 29.9 Å². The predicted molar refractivity (Wildman–Crippen MR) is 112 cm³/mol. The Balaban J connectivity index is 1.71. The highest BCUT2D eigenvalue weighted by atomic mass is 19.1. The van der Waals surface area contributed by atoms with Gasteiger partial charge in [0.05, 0.1) is 36.2 Å². The molecule has 156 valence electrons. The third kappa shape index (κ3) is 4.01. The summed E-state index contributed by atoms with van der Waals surface area (Å²) in [5.41, 5.74) is 3.42. The minimum atomic E-state index is -0.677. The lowest BCUT2D eigenvalue weighted by molar-refractivity contribution is -0.138. The standard InChI is InChI=1S/C23H19FN4O3/c1-3-31-23(30)20-13-27(22-9-6-16(24)10-19(22)21(20)14-29)11-17-12-28(26-25-17)18-7-4-15(2)5-8-18/h4-10,12-13H,3,11H2,1-2H3. The molecule has 0 amide bonds. The van der Waals surface area contributed by atoms with Crippen LogP contribution in [-0.4, -0.2) is 33.5 Å². The van der Waals surface area contributed by atoms with Gasteiger partial charge >= 0.3 is 5.97 Å². The molecule has 0 N–H and O–H groups in total. The van der Waals surface area contributed by atoms with Gasteiger partial charge in [-0.1, -0.05) is 22.9 Å². The second kappa shape index (κ2) is 8.38. The van der Waals surface area contributed by atoms with E-state index in [1.54, 1.807) is 34.7 Å². The first kappa shape index (κ1) is 20.3. The van der Waals surface area contributed by atoms with Crippen molar-refractivity contribution < 1.29 is 18.7 Å². The highest BCUT2D eigenvalue weighted by Crippen LogP contribution is 2.37. The number of rotatable bonds is 5. The zero-order valence-corrected chi connectivity index (χ0v) is 17.0. The van der Waals surface area contributed by atoms with Crippen LogP contribution < -0.4 is 4.90 Å². The van der Waals surface area contributed by atoms with E-state index in [0.29, 0.717) is 11.4 Å². The van der Waals surface area contributed by atoms with Crippen molar-refractivity contribution >= 4 is 23.2 Å². The Morgan fingerprint density at radius 3 is 2.68 bits per heavy atom. The Bertz CT molecular complexity index is 1220. The quantitative estimate of drug-likeness (QED) is 0.467. The third-order valence-electron chi connectivity index (χ3n) is 4.86. The number of aryl methyl sites for hydroxylation is 1. The molecule has 1 aromatic heterocycles. The molecule has 0 aliphatic carbocycles. The number of nitrogens with zero attached hydrogens (tertiary/aromatic N) is 4. The highest BCUT2D eigenvalue weighted by molar-refractivity contribution is 6.16. The van der Waals surface area contributed by atoms with Crippen molar-refractivity contribution in [2.45, 2.75) is 20.4 Å². The number of fused-ring (bicyclic) bond motifs is 1. The molecule has 0 saturated heterocycles. The minimum absolute atomic E-state index is 0.0147. The molecule has 1 aliphatic rings. The number of anilines is 1. The molecule has 2 aromatic carbocycles. The summed E-state index contributed by atoms with van der Waals surface area (Å²) in [6.45, 7) is 4.06. The van der Waals surface area contributed by atoms with Gasteiger partial charge in [-0.2, -0.15) is 0 Å². The number of carbonyl (C=O) groups is 1. The van der Waals surface area contributed by atoms with Crippen LogP contribution in [0.5, 0.6) is 0 Å². The summed E-state index contributed by atoms with van der Waals surface area (Å²) in [6, 6.07) is 11.9. The first-order chi connectivity index (χ1) is 15.0. The smallest absolute Gasteiger partial charge is 0.341 e. The molecule has 0 radical (unpaired) electrons. The van der Waals surface area contributed by atoms with E-state index in [0.717, 1.165) is 11.3 Å². The zero-order valence-electron chi connectivity index (χ0n) is 17.0. The van der Waals surface area contributed by atoms with E-state index in [4.69, 9.17) is 4.74 Å². The van der Waals surface area contributed by atoms with E-state index in [1.807, 2.05) is 31.2 Å². The summed E-state index contributed by atoms with van der Waals surface area (Å²) in [5, 5.41) is 8.38. The molecule has 0 saturated carbocycles. The van der Waals surface area contributed by atoms with Gasteiger partial charge in [0.25, 0.3) is 0 Å². The third-order valence-corrected chi connectivity index (χ3v) is 4.86. The number of benzene rings is 2. The number of esters is 1. The maximum atomic E-state index is 13.9. The molecule has 0 fully saturated rings. The van der Waals surface area contributed by atoms with Crippen molar-refractivity contribution in [3.8, 4) is 5.69 Å². The van der Waals surface area contributed by atoms with Gasteiger partial charge < -0.3 is 9.64 Å². The van der Waals surface area contributed by atoms with Crippen molar-refractivity contribution in [2.75, 3.05) is 11.5 Å². The first-order valence-electron chi connectivity index (χ1n) is 9.69. The fourth-order valence-corrected chi connectivity index (χ4v) is 3.37. The Hall–Kier alpha value is -4.03. The highest BCUT2D eigenvalue weighted by Gasteiger charge is 2.29. The van der Waals surface area contributed by atoms with Crippen LogP contribution in [0.2, 0.25) is 0 Å². The molecule has 1 aliphatic heterocycles. The maximum Gasteiger partial charge on any atom is 0.341 e. The van der Waals surface area contributed by atoms with Gasteiger partial charge in [-0.25, -0.2) is 18.7 Å². The van der Waals surface area contributed by atoms with Crippen LogP contribution in [-0.2, 0) is 20.9 Å². The van der Waals surface area contributed by atoms with Crippen molar-refractivity contribution in [1.29, 1.82) is 0 Å². The average molecular weight is 418 g/mol. The Kier molecular flexibility index (Phi) is 5.47. The largest absolute Gasteiger partial charge is 0.462 e. The molecule has 0 bridgehead atoms. The van der Waals surface area contributed by atoms with Gasteiger partial charge in [0, 0.05) is 17.5 Å². The monoisotopic (exact) mass is 418 g/mol. The Labute approximate surface area is 178 Å². The second-order valence-electron chi connectivity index (χ2n) is 7.02. The summed E-state index contributed by atoms with van der Waals surface area (Å²) in [4.78, 5) is 25.8. The number of hydrogen-bond acceptors (Lipinski definition) is 6. The molecule has 0 spiro atoms. The van der Waals surface area contributed by atoms with E-state index in [2.05, 4.69) is 10.3 Å². The molecular formula is C23H19FN4O3. The Morgan fingerprint density at radius 2 is 1.97 bits per heavy atom.